The van der Waals surface area contributed by atoms with E-state index >= 15 is 0 Å². The van der Waals surface area contributed by atoms with E-state index in [1.807, 2.05) is 41.8 Å². The van der Waals surface area contributed by atoms with Gasteiger partial charge in [-0.25, -0.2) is 0 Å². The first kappa shape index (κ1) is 14.2. The Bertz CT molecular complexity index is 710. The van der Waals surface area contributed by atoms with E-state index in [9.17, 15) is 0 Å². The topological polar surface area (TPSA) is 48.2 Å². The predicted octanol–water partition coefficient (Wildman–Crippen LogP) is 4.66. The Morgan fingerprint density at radius 2 is 2.19 bits per heavy atom. The van der Waals surface area contributed by atoms with Gasteiger partial charge in [0, 0.05) is 4.90 Å². The quantitative estimate of drug-likeness (QED) is 0.640. The maximum absolute atomic E-state index is 5.37. The van der Waals surface area contributed by atoms with E-state index in [2.05, 4.69) is 17.1 Å². The van der Waals surface area contributed by atoms with Gasteiger partial charge in [-0.1, -0.05) is 17.3 Å². The van der Waals surface area contributed by atoms with Crippen LogP contribution in [0.2, 0.25) is 0 Å². The van der Waals surface area contributed by atoms with Crippen LogP contribution in [0, 0.1) is 0 Å². The van der Waals surface area contributed by atoms with Gasteiger partial charge in [-0.2, -0.15) is 4.98 Å². The third kappa shape index (κ3) is 3.28. The molecule has 6 heteroatoms. The van der Waals surface area contributed by atoms with Crippen molar-refractivity contribution in [2.75, 3.05) is 7.11 Å². The Morgan fingerprint density at radius 1 is 1.29 bits per heavy atom. The molecule has 1 atom stereocenters. The number of hydrogen-bond donors (Lipinski definition) is 0. The number of aromatic nitrogens is 2. The minimum atomic E-state index is 0.0818. The van der Waals surface area contributed by atoms with Gasteiger partial charge in [0.2, 0.25) is 11.7 Å². The SMILES string of the molecule is COc1cccc(SC(C)c2nc(-c3cccs3)no2)c1. The summed E-state index contributed by atoms with van der Waals surface area (Å²) in [6.07, 6.45) is 0. The van der Waals surface area contributed by atoms with Crippen molar-refractivity contribution < 1.29 is 9.26 Å². The number of rotatable bonds is 5. The van der Waals surface area contributed by atoms with Gasteiger partial charge in [-0.15, -0.1) is 23.1 Å². The summed E-state index contributed by atoms with van der Waals surface area (Å²) in [5.74, 6) is 2.13. The number of ether oxygens (including phenoxy) is 1. The summed E-state index contributed by atoms with van der Waals surface area (Å²) in [4.78, 5) is 6.60. The Kier molecular flexibility index (Phi) is 4.26. The van der Waals surface area contributed by atoms with Gasteiger partial charge in [0.05, 0.1) is 17.2 Å². The first-order valence-corrected chi connectivity index (χ1v) is 8.20. The smallest absolute Gasteiger partial charge is 0.240 e. The molecule has 0 saturated heterocycles. The van der Waals surface area contributed by atoms with Crippen molar-refractivity contribution in [1.82, 2.24) is 10.1 Å². The zero-order chi connectivity index (χ0) is 14.7. The first-order valence-electron chi connectivity index (χ1n) is 6.44. The highest BCUT2D eigenvalue weighted by atomic mass is 32.2. The number of benzene rings is 1. The molecule has 0 saturated carbocycles. The number of hydrogen-bond acceptors (Lipinski definition) is 6. The summed E-state index contributed by atoms with van der Waals surface area (Å²) in [6, 6.07) is 11.9. The van der Waals surface area contributed by atoms with Crippen LogP contribution in [0.3, 0.4) is 0 Å². The van der Waals surface area contributed by atoms with Crippen LogP contribution in [0.4, 0.5) is 0 Å². The molecule has 3 aromatic rings. The van der Waals surface area contributed by atoms with Crippen LogP contribution in [0.25, 0.3) is 10.7 Å². The molecule has 108 valence electrons. The monoisotopic (exact) mass is 318 g/mol. The maximum atomic E-state index is 5.37. The van der Waals surface area contributed by atoms with Crippen LogP contribution < -0.4 is 4.74 Å². The van der Waals surface area contributed by atoms with Gasteiger partial charge in [0.25, 0.3) is 0 Å². The minimum Gasteiger partial charge on any atom is -0.497 e. The molecular formula is C15H14N2O2S2. The van der Waals surface area contributed by atoms with E-state index < -0.39 is 0 Å². The number of methoxy groups -OCH3 is 1. The second-order valence-corrected chi connectivity index (χ2v) is 6.73. The van der Waals surface area contributed by atoms with Crippen LogP contribution in [-0.4, -0.2) is 17.3 Å². The molecule has 0 amide bonds. The van der Waals surface area contributed by atoms with Crippen molar-refractivity contribution in [3.63, 3.8) is 0 Å². The second-order valence-electron chi connectivity index (χ2n) is 4.37. The fourth-order valence-corrected chi connectivity index (χ4v) is 3.43. The van der Waals surface area contributed by atoms with Crippen LogP contribution >= 0.6 is 23.1 Å². The normalized spacial score (nSPS) is 12.3. The van der Waals surface area contributed by atoms with E-state index in [4.69, 9.17) is 9.26 Å². The summed E-state index contributed by atoms with van der Waals surface area (Å²) >= 11 is 3.27. The molecule has 3 rings (SSSR count). The van der Waals surface area contributed by atoms with Crippen molar-refractivity contribution >= 4 is 23.1 Å². The van der Waals surface area contributed by atoms with E-state index in [0.717, 1.165) is 15.5 Å². The lowest BCUT2D eigenvalue weighted by Gasteiger charge is -2.07. The fourth-order valence-electron chi connectivity index (χ4n) is 1.84. The van der Waals surface area contributed by atoms with Crippen molar-refractivity contribution in [3.8, 4) is 16.5 Å². The summed E-state index contributed by atoms with van der Waals surface area (Å²) in [7, 11) is 1.67. The number of nitrogens with zero attached hydrogens (tertiary/aromatic N) is 2. The zero-order valence-corrected chi connectivity index (χ0v) is 13.3. The largest absolute Gasteiger partial charge is 0.497 e. The molecular weight excluding hydrogens is 304 g/mol. The van der Waals surface area contributed by atoms with E-state index in [-0.39, 0.29) is 5.25 Å². The van der Waals surface area contributed by atoms with Crippen LogP contribution in [-0.2, 0) is 0 Å². The second kappa shape index (κ2) is 6.32. The highest BCUT2D eigenvalue weighted by Gasteiger charge is 2.17. The molecule has 0 aliphatic rings. The lowest BCUT2D eigenvalue weighted by atomic mass is 10.3. The molecule has 0 aliphatic heterocycles. The van der Waals surface area contributed by atoms with Gasteiger partial charge in [-0.05, 0) is 36.6 Å². The highest BCUT2D eigenvalue weighted by Crippen LogP contribution is 2.36. The molecule has 0 N–H and O–H groups in total. The van der Waals surface area contributed by atoms with Crippen LogP contribution in [0.1, 0.15) is 18.1 Å². The Balaban J connectivity index is 1.74. The van der Waals surface area contributed by atoms with Gasteiger partial charge in [-0.3, -0.25) is 0 Å². The Morgan fingerprint density at radius 3 is 2.95 bits per heavy atom. The Labute approximate surface area is 131 Å². The average Bonchev–Trinajstić information content (AvgIpc) is 3.18. The summed E-state index contributed by atoms with van der Waals surface area (Å²) < 4.78 is 10.6. The lowest BCUT2D eigenvalue weighted by molar-refractivity contribution is 0.381. The van der Waals surface area contributed by atoms with Gasteiger partial charge in [0.15, 0.2) is 0 Å². The van der Waals surface area contributed by atoms with E-state index in [0.29, 0.717) is 11.7 Å². The van der Waals surface area contributed by atoms with Gasteiger partial charge < -0.3 is 9.26 Å². The molecule has 21 heavy (non-hydrogen) atoms. The number of thiophene rings is 1. The zero-order valence-electron chi connectivity index (χ0n) is 11.6. The Hall–Kier alpha value is -1.79. The van der Waals surface area contributed by atoms with Crippen molar-refractivity contribution in [2.24, 2.45) is 0 Å². The molecule has 0 radical (unpaired) electrons. The molecule has 1 unspecified atom stereocenters. The fraction of sp³-hybridized carbons (Fsp3) is 0.200. The molecule has 0 fully saturated rings. The standard InChI is InChI=1S/C15H14N2O2S2/c1-10(21-12-6-3-5-11(9-12)18-2)15-16-14(17-19-15)13-7-4-8-20-13/h3-10H,1-2H3. The molecule has 2 heterocycles. The molecule has 0 aliphatic carbocycles. The van der Waals surface area contributed by atoms with Gasteiger partial charge >= 0.3 is 0 Å². The predicted molar refractivity (Wildman–Crippen MR) is 84.9 cm³/mol. The van der Waals surface area contributed by atoms with Crippen molar-refractivity contribution in [1.29, 1.82) is 0 Å². The first-order chi connectivity index (χ1) is 10.3. The third-order valence-electron chi connectivity index (χ3n) is 2.89. The van der Waals surface area contributed by atoms with Crippen LogP contribution in [0.15, 0.2) is 51.2 Å². The van der Waals surface area contributed by atoms with Crippen molar-refractivity contribution in [3.05, 3.63) is 47.7 Å². The summed E-state index contributed by atoms with van der Waals surface area (Å²) in [6.45, 7) is 2.05. The molecule has 2 aromatic heterocycles. The van der Waals surface area contributed by atoms with Gasteiger partial charge in [0.1, 0.15) is 5.75 Å². The molecule has 0 spiro atoms. The summed E-state index contributed by atoms with van der Waals surface area (Å²) in [5, 5.41) is 6.12. The van der Waals surface area contributed by atoms with Crippen molar-refractivity contribution in [2.45, 2.75) is 17.1 Å². The maximum Gasteiger partial charge on any atom is 0.240 e. The highest BCUT2D eigenvalue weighted by molar-refractivity contribution is 7.99. The molecule has 0 bridgehead atoms. The lowest BCUT2D eigenvalue weighted by Crippen LogP contribution is -1.89. The van der Waals surface area contributed by atoms with E-state index in [1.165, 1.54) is 0 Å². The van der Waals surface area contributed by atoms with E-state index in [1.54, 1.807) is 30.2 Å². The molecule has 1 aromatic carbocycles. The van der Waals surface area contributed by atoms with Crippen LogP contribution in [0.5, 0.6) is 5.75 Å². The minimum absolute atomic E-state index is 0.0818. The third-order valence-corrected chi connectivity index (χ3v) is 4.83. The number of thioether (sulfide) groups is 1. The average molecular weight is 318 g/mol. The molecule has 4 nitrogen and oxygen atoms in total. The summed E-state index contributed by atoms with van der Waals surface area (Å²) in [5.41, 5.74) is 0.